The summed E-state index contributed by atoms with van der Waals surface area (Å²) >= 11 is 0. The van der Waals surface area contributed by atoms with Gasteiger partial charge in [-0.2, -0.15) is 13.2 Å². The summed E-state index contributed by atoms with van der Waals surface area (Å²) in [5.74, 6) is 1.34. The molecule has 170 valence electrons. The molecule has 2 unspecified atom stereocenters. The van der Waals surface area contributed by atoms with E-state index in [1.807, 2.05) is 6.08 Å². The van der Waals surface area contributed by atoms with E-state index in [1.54, 1.807) is 30.4 Å². The van der Waals surface area contributed by atoms with Gasteiger partial charge in [0.15, 0.2) is 11.5 Å². The van der Waals surface area contributed by atoms with Crippen molar-refractivity contribution in [3.8, 4) is 11.5 Å². The quantitative estimate of drug-likeness (QED) is 0.584. The van der Waals surface area contributed by atoms with Crippen LogP contribution >= 0.6 is 0 Å². The Labute approximate surface area is 179 Å². The number of alkyl carbamates (subject to hydrolysis) is 1. The van der Waals surface area contributed by atoms with Gasteiger partial charge in [-0.3, -0.25) is 0 Å². The Morgan fingerprint density at radius 3 is 2.77 bits per heavy atom. The number of rotatable bonds is 8. The normalized spacial score (nSPS) is 20.9. The highest BCUT2D eigenvalue weighted by atomic mass is 19.4. The van der Waals surface area contributed by atoms with Gasteiger partial charge in [0.1, 0.15) is 6.61 Å². The number of nitrogens with one attached hydrogen (secondary N) is 2. The molecule has 6 nitrogen and oxygen atoms in total. The van der Waals surface area contributed by atoms with E-state index in [1.165, 1.54) is 0 Å². The van der Waals surface area contributed by atoms with Gasteiger partial charge in [0.2, 0.25) is 0 Å². The molecule has 3 atom stereocenters. The summed E-state index contributed by atoms with van der Waals surface area (Å²) < 4.78 is 54.3. The summed E-state index contributed by atoms with van der Waals surface area (Å²) in [7, 11) is 0. The largest absolute Gasteiger partial charge is 0.457 e. The zero-order valence-electron chi connectivity index (χ0n) is 17.5. The lowest BCUT2D eigenvalue weighted by molar-refractivity contribution is -0.164. The van der Waals surface area contributed by atoms with Gasteiger partial charge in [-0.25, -0.2) is 10.1 Å². The third-order valence-corrected chi connectivity index (χ3v) is 4.99. The summed E-state index contributed by atoms with van der Waals surface area (Å²) in [6.45, 7) is 4.05. The Hall–Kier alpha value is -2.68. The van der Waals surface area contributed by atoms with Crippen molar-refractivity contribution >= 4 is 6.09 Å². The molecule has 31 heavy (non-hydrogen) atoms. The number of carbonyl (C=O) groups is 1. The Morgan fingerprint density at radius 1 is 1.29 bits per heavy atom. The fourth-order valence-corrected chi connectivity index (χ4v) is 3.46. The number of hydrogen-bond acceptors (Lipinski definition) is 5. The SMILES string of the molecule is CCC(Cc1ccc2c(c1)OC(CNC(=O)OCC1=C[C@H](C)CC=C1)O2)NC(F)(F)F. The van der Waals surface area contributed by atoms with Crippen molar-refractivity contribution in [2.75, 3.05) is 13.2 Å². The monoisotopic (exact) mass is 440 g/mol. The number of allylic oxidation sites excluding steroid dienone is 2. The van der Waals surface area contributed by atoms with Crippen molar-refractivity contribution in [1.29, 1.82) is 0 Å². The van der Waals surface area contributed by atoms with Crippen LogP contribution in [0.1, 0.15) is 32.3 Å². The van der Waals surface area contributed by atoms with E-state index in [4.69, 9.17) is 14.2 Å². The van der Waals surface area contributed by atoms with Crippen LogP contribution in [0.25, 0.3) is 0 Å². The van der Waals surface area contributed by atoms with Gasteiger partial charge in [0, 0.05) is 6.04 Å². The minimum absolute atomic E-state index is 0.0708. The van der Waals surface area contributed by atoms with Crippen molar-refractivity contribution < 1.29 is 32.2 Å². The molecule has 1 aromatic rings. The van der Waals surface area contributed by atoms with Gasteiger partial charge in [-0.15, -0.1) is 0 Å². The summed E-state index contributed by atoms with van der Waals surface area (Å²) in [4.78, 5) is 11.9. The number of alkyl halides is 3. The van der Waals surface area contributed by atoms with Crippen LogP contribution in [0.5, 0.6) is 11.5 Å². The first-order valence-electron chi connectivity index (χ1n) is 10.3. The second-order valence-corrected chi connectivity index (χ2v) is 7.71. The summed E-state index contributed by atoms with van der Waals surface area (Å²) in [6.07, 6.45) is 1.82. The van der Waals surface area contributed by atoms with Crippen LogP contribution < -0.4 is 20.1 Å². The van der Waals surface area contributed by atoms with Gasteiger partial charge in [0.25, 0.3) is 6.29 Å². The molecule has 0 saturated carbocycles. The Morgan fingerprint density at radius 2 is 2.06 bits per heavy atom. The standard InChI is InChI=1S/C22H27F3N2O4/c1-3-17(27-22(23,24)25)10-15-7-8-18-19(11-15)31-20(30-18)12-26-21(28)29-13-16-6-4-5-14(2)9-16/h4,6-9,11,14,17,20,27H,3,5,10,12-13H2,1-2H3,(H,26,28)/t14-,17?,20?/m1/s1. The maximum atomic E-state index is 12.6. The maximum absolute atomic E-state index is 12.6. The molecule has 1 aliphatic carbocycles. The van der Waals surface area contributed by atoms with E-state index in [2.05, 4.69) is 24.4 Å². The molecule has 2 N–H and O–H groups in total. The summed E-state index contributed by atoms with van der Waals surface area (Å²) in [5, 5.41) is 4.25. The lowest BCUT2D eigenvalue weighted by Gasteiger charge is -2.19. The molecule has 0 spiro atoms. The number of benzene rings is 1. The van der Waals surface area contributed by atoms with Gasteiger partial charge in [0.05, 0.1) is 6.54 Å². The predicted octanol–water partition coefficient (Wildman–Crippen LogP) is 4.46. The molecule has 3 rings (SSSR count). The zero-order valence-corrected chi connectivity index (χ0v) is 17.5. The van der Waals surface area contributed by atoms with Gasteiger partial charge < -0.3 is 19.5 Å². The molecule has 1 aliphatic heterocycles. The maximum Gasteiger partial charge on any atom is 0.457 e. The minimum Gasteiger partial charge on any atom is -0.449 e. The van der Waals surface area contributed by atoms with Crippen molar-refractivity contribution in [1.82, 2.24) is 10.6 Å². The molecule has 1 heterocycles. The molecule has 0 fully saturated rings. The topological polar surface area (TPSA) is 68.8 Å². The van der Waals surface area contributed by atoms with Crippen molar-refractivity contribution in [2.24, 2.45) is 5.92 Å². The number of amides is 1. The van der Waals surface area contributed by atoms with E-state index in [-0.39, 0.29) is 19.6 Å². The number of halogens is 3. The summed E-state index contributed by atoms with van der Waals surface area (Å²) in [6, 6.07) is 4.30. The van der Waals surface area contributed by atoms with Crippen LogP contribution in [0.3, 0.4) is 0 Å². The predicted molar refractivity (Wildman–Crippen MR) is 109 cm³/mol. The van der Waals surface area contributed by atoms with E-state index in [0.717, 1.165) is 12.0 Å². The fraction of sp³-hybridized carbons (Fsp3) is 0.500. The molecular weight excluding hydrogens is 413 g/mol. The van der Waals surface area contributed by atoms with Crippen LogP contribution in [0.15, 0.2) is 42.0 Å². The number of fused-ring (bicyclic) bond motifs is 1. The summed E-state index contributed by atoms with van der Waals surface area (Å²) in [5.41, 5.74) is 1.65. The molecule has 0 radical (unpaired) electrons. The molecule has 1 aromatic carbocycles. The highest BCUT2D eigenvalue weighted by Crippen LogP contribution is 2.35. The second-order valence-electron chi connectivity index (χ2n) is 7.71. The number of ether oxygens (including phenoxy) is 3. The molecular formula is C22H27F3N2O4. The smallest absolute Gasteiger partial charge is 0.449 e. The van der Waals surface area contributed by atoms with Crippen molar-refractivity contribution in [2.45, 2.75) is 51.7 Å². The van der Waals surface area contributed by atoms with E-state index in [0.29, 0.717) is 29.4 Å². The third kappa shape index (κ3) is 7.20. The third-order valence-electron chi connectivity index (χ3n) is 4.99. The first-order valence-corrected chi connectivity index (χ1v) is 10.3. The lowest BCUT2D eigenvalue weighted by atomic mass is 9.99. The first-order chi connectivity index (χ1) is 14.7. The number of carbonyl (C=O) groups excluding carboxylic acids is 1. The van der Waals surface area contributed by atoms with Crippen LogP contribution in [0.2, 0.25) is 0 Å². The molecule has 0 bridgehead atoms. The average molecular weight is 440 g/mol. The van der Waals surface area contributed by atoms with Crippen molar-refractivity contribution in [3.63, 3.8) is 0 Å². The van der Waals surface area contributed by atoms with Gasteiger partial charge in [-0.05, 0) is 48.4 Å². The fourth-order valence-electron chi connectivity index (χ4n) is 3.46. The Bertz CT molecular complexity index is 839. The van der Waals surface area contributed by atoms with Crippen LogP contribution in [0, 0.1) is 5.92 Å². The highest BCUT2D eigenvalue weighted by Gasteiger charge is 2.31. The van der Waals surface area contributed by atoms with E-state index >= 15 is 0 Å². The molecule has 1 amide bonds. The molecule has 2 aliphatic rings. The Balaban J connectivity index is 1.45. The lowest BCUT2D eigenvalue weighted by Crippen LogP contribution is -2.41. The average Bonchev–Trinajstić information content (AvgIpc) is 3.11. The van der Waals surface area contributed by atoms with Gasteiger partial charge in [-0.1, -0.05) is 38.1 Å². The number of hydrogen-bond donors (Lipinski definition) is 2. The zero-order chi connectivity index (χ0) is 22.4. The van der Waals surface area contributed by atoms with E-state index in [9.17, 15) is 18.0 Å². The van der Waals surface area contributed by atoms with Crippen LogP contribution in [-0.4, -0.2) is 37.9 Å². The van der Waals surface area contributed by atoms with Crippen LogP contribution in [-0.2, 0) is 11.2 Å². The highest BCUT2D eigenvalue weighted by molar-refractivity contribution is 5.67. The molecule has 0 saturated heterocycles. The first kappa shape index (κ1) is 23.0. The van der Waals surface area contributed by atoms with E-state index < -0.39 is 24.7 Å². The minimum atomic E-state index is -4.43. The Kier molecular flexibility index (Phi) is 7.48. The molecule has 0 aromatic heterocycles. The second kappa shape index (κ2) is 10.1. The van der Waals surface area contributed by atoms with Crippen molar-refractivity contribution in [3.05, 3.63) is 47.6 Å². The van der Waals surface area contributed by atoms with Gasteiger partial charge >= 0.3 is 12.4 Å². The molecule has 9 heteroatoms. The van der Waals surface area contributed by atoms with Crippen LogP contribution in [0.4, 0.5) is 18.0 Å².